The Bertz CT molecular complexity index is 540. The van der Waals surface area contributed by atoms with Gasteiger partial charge in [0.1, 0.15) is 0 Å². The van der Waals surface area contributed by atoms with Crippen molar-refractivity contribution in [2.24, 2.45) is 0 Å². The third-order valence-corrected chi connectivity index (χ3v) is 3.85. The number of benzene rings is 1. The second-order valence-electron chi connectivity index (χ2n) is 4.12. The van der Waals surface area contributed by atoms with E-state index in [0.29, 0.717) is 5.56 Å². The molecule has 0 spiro atoms. The van der Waals surface area contributed by atoms with Crippen LogP contribution < -0.4 is 4.72 Å². The van der Waals surface area contributed by atoms with Crippen molar-refractivity contribution in [2.75, 3.05) is 34.4 Å². The summed E-state index contributed by atoms with van der Waals surface area (Å²) in [6.45, 7) is 0.472. The molecule has 1 aromatic carbocycles. The van der Waals surface area contributed by atoms with Gasteiger partial charge in [-0.3, -0.25) is 4.79 Å². The molecule has 0 aromatic heterocycles. The maximum Gasteiger partial charge on any atom is 0.253 e. The molecule has 0 unspecified atom stereocenters. The molecule has 1 amide bonds. The number of hydrogen-bond donors (Lipinski definition) is 1. The van der Waals surface area contributed by atoms with E-state index >= 15 is 0 Å². The van der Waals surface area contributed by atoms with Crippen molar-refractivity contribution in [3.05, 3.63) is 29.8 Å². The van der Waals surface area contributed by atoms with Gasteiger partial charge in [-0.25, -0.2) is 13.1 Å². The molecule has 1 N–H and O–H groups in total. The molecular weight excluding hydrogens is 268 g/mol. The predicted molar refractivity (Wildman–Crippen MR) is 71.5 cm³/mol. The summed E-state index contributed by atoms with van der Waals surface area (Å²) in [5.41, 5.74) is 0.333. The Morgan fingerprint density at radius 1 is 1.37 bits per heavy atom. The average molecular weight is 286 g/mol. The van der Waals surface area contributed by atoms with Crippen LogP contribution in [0.3, 0.4) is 0 Å². The Balaban J connectivity index is 2.95. The van der Waals surface area contributed by atoms with Gasteiger partial charge in [-0.1, -0.05) is 6.07 Å². The van der Waals surface area contributed by atoms with Gasteiger partial charge < -0.3 is 9.64 Å². The number of rotatable bonds is 6. The van der Waals surface area contributed by atoms with Crippen LogP contribution in [0.4, 0.5) is 0 Å². The van der Waals surface area contributed by atoms with E-state index in [1.807, 2.05) is 0 Å². The molecule has 0 saturated carbocycles. The molecule has 0 aliphatic carbocycles. The normalized spacial score (nSPS) is 11.3. The summed E-state index contributed by atoms with van der Waals surface area (Å²) in [5, 5.41) is 0. The maximum atomic E-state index is 12.0. The fraction of sp³-hybridized carbons (Fsp3) is 0.417. The molecule has 0 saturated heterocycles. The number of methoxy groups -OCH3 is 1. The Hall–Kier alpha value is -1.44. The van der Waals surface area contributed by atoms with E-state index in [-0.39, 0.29) is 24.0 Å². The SMILES string of the molecule is COCCNS(=O)(=O)c1cccc(C(=O)N(C)C)c1. The molecule has 0 bridgehead atoms. The minimum absolute atomic E-state index is 0.0660. The number of hydrogen-bond acceptors (Lipinski definition) is 4. The minimum Gasteiger partial charge on any atom is -0.383 e. The maximum absolute atomic E-state index is 12.0. The lowest BCUT2D eigenvalue weighted by Gasteiger charge is -2.11. The fourth-order valence-electron chi connectivity index (χ4n) is 1.42. The van der Waals surface area contributed by atoms with E-state index in [1.54, 1.807) is 26.2 Å². The van der Waals surface area contributed by atoms with Gasteiger partial charge in [0.15, 0.2) is 0 Å². The molecule has 19 heavy (non-hydrogen) atoms. The highest BCUT2D eigenvalue weighted by Gasteiger charge is 2.16. The van der Waals surface area contributed by atoms with Crippen LogP contribution in [0, 0.1) is 0 Å². The van der Waals surface area contributed by atoms with Gasteiger partial charge in [-0.2, -0.15) is 0 Å². The van der Waals surface area contributed by atoms with Crippen LogP contribution in [0.25, 0.3) is 0 Å². The Labute approximate surface area is 113 Å². The number of sulfonamides is 1. The predicted octanol–water partition coefficient (Wildman–Crippen LogP) is 0.313. The van der Waals surface area contributed by atoms with Gasteiger partial charge in [-0.05, 0) is 18.2 Å². The lowest BCUT2D eigenvalue weighted by Crippen LogP contribution is -2.28. The van der Waals surface area contributed by atoms with Crippen LogP contribution in [0.15, 0.2) is 29.2 Å². The summed E-state index contributed by atoms with van der Waals surface area (Å²) in [6, 6.07) is 5.93. The lowest BCUT2D eigenvalue weighted by molar-refractivity contribution is 0.0827. The third kappa shape index (κ3) is 4.30. The molecule has 0 aliphatic rings. The first kappa shape index (κ1) is 15.6. The molecule has 0 fully saturated rings. The molecule has 0 radical (unpaired) electrons. The number of nitrogens with one attached hydrogen (secondary N) is 1. The zero-order valence-corrected chi connectivity index (χ0v) is 12.0. The van der Waals surface area contributed by atoms with Gasteiger partial charge in [0, 0.05) is 33.3 Å². The fourth-order valence-corrected chi connectivity index (χ4v) is 2.47. The first-order valence-electron chi connectivity index (χ1n) is 5.69. The summed E-state index contributed by atoms with van der Waals surface area (Å²) < 4.78 is 31.1. The van der Waals surface area contributed by atoms with Crippen molar-refractivity contribution >= 4 is 15.9 Å². The smallest absolute Gasteiger partial charge is 0.253 e. The van der Waals surface area contributed by atoms with Crippen LogP contribution in [0.5, 0.6) is 0 Å². The van der Waals surface area contributed by atoms with E-state index in [9.17, 15) is 13.2 Å². The van der Waals surface area contributed by atoms with Crippen molar-refractivity contribution in [1.82, 2.24) is 9.62 Å². The van der Waals surface area contributed by atoms with Gasteiger partial charge >= 0.3 is 0 Å². The van der Waals surface area contributed by atoms with Gasteiger partial charge in [0.25, 0.3) is 5.91 Å². The lowest BCUT2D eigenvalue weighted by atomic mass is 10.2. The Morgan fingerprint density at radius 2 is 2.05 bits per heavy atom. The average Bonchev–Trinajstić information content (AvgIpc) is 2.38. The van der Waals surface area contributed by atoms with Crippen LogP contribution in [-0.2, 0) is 14.8 Å². The standard InChI is InChI=1S/C12H18N2O4S/c1-14(2)12(15)10-5-4-6-11(9-10)19(16,17)13-7-8-18-3/h4-6,9,13H,7-8H2,1-3H3. The van der Waals surface area contributed by atoms with Crippen LogP contribution >= 0.6 is 0 Å². The molecule has 0 heterocycles. The van der Waals surface area contributed by atoms with Crippen molar-refractivity contribution in [3.8, 4) is 0 Å². The summed E-state index contributed by atoms with van der Waals surface area (Å²) >= 11 is 0. The number of carbonyl (C=O) groups is 1. The summed E-state index contributed by atoms with van der Waals surface area (Å²) in [4.78, 5) is 13.2. The molecule has 0 aliphatic heterocycles. The van der Waals surface area contributed by atoms with Gasteiger partial charge in [-0.15, -0.1) is 0 Å². The van der Waals surface area contributed by atoms with Crippen molar-refractivity contribution in [2.45, 2.75) is 4.90 Å². The Kier molecular flexibility index (Phi) is 5.46. The summed E-state index contributed by atoms with van der Waals surface area (Å²) in [7, 11) is 1.10. The van der Waals surface area contributed by atoms with E-state index in [2.05, 4.69) is 4.72 Å². The minimum atomic E-state index is -3.61. The second kappa shape index (κ2) is 6.65. The summed E-state index contributed by atoms with van der Waals surface area (Å²) in [5.74, 6) is -0.242. The first-order valence-corrected chi connectivity index (χ1v) is 7.17. The number of amides is 1. The second-order valence-corrected chi connectivity index (χ2v) is 5.88. The number of nitrogens with zero attached hydrogens (tertiary/aromatic N) is 1. The monoisotopic (exact) mass is 286 g/mol. The van der Waals surface area contributed by atoms with Crippen molar-refractivity contribution in [3.63, 3.8) is 0 Å². The van der Waals surface area contributed by atoms with Crippen LogP contribution in [0.1, 0.15) is 10.4 Å². The van der Waals surface area contributed by atoms with Gasteiger partial charge in [0.05, 0.1) is 11.5 Å². The van der Waals surface area contributed by atoms with E-state index in [4.69, 9.17) is 4.74 Å². The highest BCUT2D eigenvalue weighted by molar-refractivity contribution is 7.89. The zero-order valence-electron chi connectivity index (χ0n) is 11.2. The van der Waals surface area contributed by atoms with Crippen molar-refractivity contribution in [1.29, 1.82) is 0 Å². The quantitative estimate of drug-likeness (QED) is 0.764. The molecule has 106 valence electrons. The molecular formula is C12H18N2O4S. The topological polar surface area (TPSA) is 75.7 Å². The van der Waals surface area contributed by atoms with Crippen LogP contribution in [-0.4, -0.2) is 53.6 Å². The van der Waals surface area contributed by atoms with E-state index < -0.39 is 10.0 Å². The largest absolute Gasteiger partial charge is 0.383 e. The van der Waals surface area contributed by atoms with Crippen molar-refractivity contribution < 1.29 is 17.9 Å². The molecule has 1 aromatic rings. The third-order valence-electron chi connectivity index (χ3n) is 2.40. The molecule has 6 nitrogen and oxygen atoms in total. The highest BCUT2D eigenvalue weighted by Crippen LogP contribution is 2.12. The summed E-state index contributed by atoms with van der Waals surface area (Å²) in [6.07, 6.45) is 0. The molecule has 1 rings (SSSR count). The van der Waals surface area contributed by atoms with Crippen LogP contribution in [0.2, 0.25) is 0 Å². The molecule has 7 heteroatoms. The highest BCUT2D eigenvalue weighted by atomic mass is 32.2. The van der Waals surface area contributed by atoms with Gasteiger partial charge in [0.2, 0.25) is 10.0 Å². The zero-order chi connectivity index (χ0) is 14.5. The first-order chi connectivity index (χ1) is 8.88. The van der Waals surface area contributed by atoms with E-state index in [1.165, 1.54) is 24.1 Å². The molecule has 0 atom stereocenters. The number of ether oxygens (including phenoxy) is 1. The number of carbonyl (C=O) groups excluding carboxylic acids is 1. The Morgan fingerprint density at radius 3 is 2.63 bits per heavy atom. The van der Waals surface area contributed by atoms with E-state index in [0.717, 1.165) is 0 Å².